The average Bonchev–Trinajstić information content (AvgIpc) is 2.82. The Labute approximate surface area is 200 Å². The van der Waals surface area contributed by atoms with E-state index in [1.807, 2.05) is 6.92 Å². The van der Waals surface area contributed by atoms with Crippen LogP contribution < -0.4 is 11.1 Å². The van der Waals surface area contributed by atoms with E-state index in [1.165, 1.54) is 25.4 Å². The van der Waals surface area contributed by atoms with Crippen molar-refractivity contribution in [3.63, 3.8) is 0 Å². The minimum Gasteiger partial charge on any atom is -0.396 e. The van der Waals surface area contributed by atoms with Gasteiger partial charge in [-0.2, -0.15) is 0 Å². The SMILES string of the molecule is CC[C@@H]1O[C@H](c2ccncc2NC(=O)c2nc(-c3c(F)cccc3F)ncc2N)C[C@H](O)[C@@]1(C)O. The summed E-state index contributed by atoms with van der Waals surface area (Å²) in [5, 5.41) is 23.8. The van der Waals surface area contributed by atoms with Gasteiger partial charge in [0.25, 0.3) is 5.91 Å². The topological polar surface area (TPSA) is 143 Å². The van der Waals surface area contributed by atoms with Crippen molar-refractivity contribution in [2.75, 3.05) is 11.1 Å². The highest BCUT2D eigenvalue weighted by Gasteiger charge is 2.46. The molecule has 35 heavy (non-hydrogen) atoms. The molecule has 0 bridgehead atoms. The highest BCUT2D eigenvalue weighted by molar-refractivity contribution is 6.06. The summed E-state index contributed by atoms with van der Waals surface area (Å²) >= 11 is 0. The smallest absolute Gasteiger partial charge is 0.276 e. The van der Waals surface area contributed by atoms with Crippen LogP contribution in [0.1, 0.15) is 48.8 Å². The number of nitrogens with two attached hydrogens (primary N) is 1. The summed E-state index contributed by atoms with van der Waals surface area (Å²) in [5.74, 6) is -2.86. The van der Waals surface area contributed by atoms with E-state index in [9.17, 15) is 23.8 Å². The quantitative estimate of drug-likeness (QED) is 0.432. The third-order valence-corrected chi connectivity index (χ3v) is 6.13. The molecule has 2 aromatic heterocycles. The lowest BCUT2D eigenvalue weighted by Gasteiger charge is -2.44. The second-order valence-corrected chi connectivity index (χ2v) is 8.51. The number of hydrogen-bond acceptors (Lipinski definition) is 8. The van der Waals surface area contributed by atoms with Crippen molar-refractivity contribution in [1.82, 2.24) is 15.0 Å². The maximum Gasteiger partial charge on any atom is 0.276 e. The normalized spacial score (nSPS) is 24.2. The predicted octanol–water partition coefficient (Wildman–Crippen LogP) is 3.00. The fourth-order valence-corrected chi connectivity index (χ4v) is 4.13. The molecule has 4 atom stereocenters. The van der Waals surface area contributed by atoms with Gasteiger partial charge in [-0.25, -0.2) is 18.7 Å². The van der Waals surface area contributed by atoms with Gasteiger partial charge >= 0.3 is 0 Å². The number of halogens is 2. The summed E-state index contributed by atoms with van der Waals surface area (Å²) in [6.45, 7) is 3.35. The highest BCUT2D eigenvalue weighted by Crippen LogP contribution is 2.40. The first-order valence-corrected chi connectivity index (χ1v) is 11.0. The van der Waals surface area contributed by atoms with Gasteiger partial charge in [-0.15, -0.1) is 0 Å². The first-order valence-electron chi connectivity index (χ1n) is 11.0. The molecule has 1 fully saturated rings. The number of nitrogen functional groups attached to an aromatic ring is 1. The molecule has 0 unspecified atom stereocenters. The lowest BCUT2D eigenvalue weighted by atomic mass is 9.83. The van der Waals surface area contributed by atoms with Crippen LogP contribution in [0.4, 0.5) is 20.2 Å². The number of carbonyl (C=O) groups is 1. The highest BCUT2D eigenvalue weighted by atomic mass is 19.1. The van der Waals surface area contributed by atoms with Gasteiger partial charge in [0.15, 0.2) is 11.5 Å². The van der Waals surface area contributed by atoms with Crippen LogP contribution in [0.5, 0.6) is 0 Å². The van der Waals surface area contributed by atoms with Crippen LogP contribution in [-0.4, -0.2) is 48.9 Å². The van der Waals surface area contributed by atoms with E-state index in [0.717, 1.165) is 18.3 Å². The Morgan fingerprint density at radius 3 is 2.69 bits per heavy atom. The number of aliphatic hydroxyl groups excluding tert-OH is 1. The maximum absolute atomic E-state index is 14.2. The number of amides is 1. The summed E-state index contributed by atoms with van der Waals surface area (Å²) in [6, 6.07) is 4.94. The minimum absolute atomic E-state index is 0.0861. The number of nitrogens with one attached hydrogen (secondary N) is 1. The van der Waals surface area contributed by atoms with E-state index in [1.54, 1.807) is 6.07 Å². The number of aromatic nitrogens is 3. The van der Waals surface area contributed by atoms with Crippen LogP contribution in [0, 0.1) is 11.6 Å². The molecule has 1 amide bonds. The standard InChI is InChI=1S/C24H25F2N5O4/c1-3-19-24(2,34)18(32)9-17(35-19)12-7-8-28-11-16(12)30-23(33)21-15(27)10-29-22(31-21)20-13(25)5-4-6-14(20)26/h4-8,10-11,17-19,32,34H,3,9,27H2,1-2H3,(H,30,33)/t17-,18-,19-,24+/m0/s1. The molecule has 0 spiro atoms. The number of anilines is 2. The molecular weight excluding hydrogens is 460 g/mol. The monoisotopic (exact) mass is 485 g/mol. The summed E-state index contributed by atoms with van der Waals surface area (Å²) in [4.78, 5) is 25.0. The minimum atomic E-state index is -1.42. The number of carbonyl (C=O) groups excluding carboxylic acids is 1. The molecule has 184 valence electrons. The van der Waals surface area contributed by atoms with Crippen LogP contribution >= 0.6 is 0 Å². The Bertz CT molecular complexity index is 1240. The van der Waals surface area contributed by atoms with Crippen molar-refractivity contribution in [3.05, 3.63) is 65.7 Å². The van der Waals surface area contributed by atoms with E-state index in [4.69, 9.17) is 10.5 Å². The third-order valence-electron chi connectivity index (χ3n) is 6.13. The molecule has 5 N–H and O–H groups in total. The van der Waals surface area contributed by atoms with Crippen molar-refractivity contribution in [1.29, 1.82) is 0 Å². The second kappa shape index (κ2) is 9.61. The van der Waals surface area contributed by atoms with Gasteiger partial charge in [-0.1, -0.05) is 13.0 Å². The Morgan fingerprint density at radius 1 is 1.29 bits per heavy atom. The van der Waals surface area contributed by atoms with Crippen LogP contribution in [0.3, 0.4) is 0 Å². The first kappa shape index (κ1) is 24.6. The summed E-state index contributed by atoms with van der Waals surface area (Å²) < 4.78 is 34.5. The predicted molar refractivity (Wildman–Crippen MR) is 123 cm³/mol. The van der Waals surface area contributed by atoms with Gasteiger partial charge in [0, 0.05) is 18.2 Å². The van der Waals surface area contributed by atoms with E-state index in [-0.39, 0.29) is 29.3 Å². The van der Waals surface area contributed by atoms with Gasteiger partial charge < -0.3 is 26.0 Å². The molecule has 11 heteroatoms. The Hall–Kier alpha value is -3.54. The fourth-order valence-electron chi connectivity index (χ4n) is 4.13. The van der Waals surface area contributed by atoms with Crippen LogP contribution in [0.15, 0.2) is 42.9 Å². The van der Waals surface area contributed by atoms with E-state index < -0.39 is 47.0 Å². The largest absolute Gasteiger partial charge is 0.396 e. The fraction of sp³-hybridized carbons (Fsp3) is 0.333. The average molecular weight is 485 g/mol. The third kappa shape index (κ3) is 4.70. The first-order chi connectivity index (χ1) is 16.6. The lowest BCUT2D eigenvalue weighted by Crippen LogP contribution is -2.55. The summed E-state index contributed by atoms with van der Waals surface area (Å²) in [6.07, 6.45) is 2.21. The number of benzene rings is 1. The zero-order valence-corrected chi connectivity index (χ0v) is 19.1. The molecule has 3 heterocycles. The molecule has 1 saturated heterocycles. The molecule has 4 rings (SSSR count). The van der Waals surface area contributed by atoms with Crippen molar-refractivity contribution in [2.45, 2.75) is 50.6 Å². The molecule has 9 nitrogen and oxygen atoms in total. The zero-order chi connectivity index (χ0) is 25.3. The van der Waals surface area contributed by atoms with Crippen LogP contribution in [-0.2, 0) is 4.74 Å². The van der Waals surface area contributed by atoms with Gasteiger partial charge in [-0.3, -0.25) is 9.78 Å². The maximum atomic E-state index is 14.2. The molecular formula is C24H25F2N5O4. The second-order valence-electron chi connectivity index (χ2n) is 8.51. The van der Waals surface area contributed by atoms with Gasteiger partial charge in [0.2, 0.25) is 0 Å². The van der Waals surface area contributed by atoms with Gasteiger partial charge in [0.1, 0.15) is 17.2 Å². The van der Waals surface area contributed by atoms with E-state index in [0.29, 0.717) is 12.0 Å². The Kier molecular flexibility index (Phi) is 6.75. The lowest BCUT2D eigenvalue weighted by molar-refractivity contribution is -0.221. The molecule has 1 aromatic carbocycles. The molecule has 0 radical (unpaired) electrons. The van der Waals surface area contributed by atoms with Crippen LogP contribution in [0.2, 0.25) is 0 Å². The van der Waals surface area contributed by atoms with Crippen LogP contribution in [0.25, 0.3) is 11.4 Å². The van der Waals surface area contributed by atoms with Gasteiger partial charge in [-0.05, 0) is 31.5 Å². The number of ether oxygens (including phenoxy) is 1. The number of pyridine rings is 1. The zero-order valence-electron chi connectivity index (χ0n) is 19.1. The molecule has 1 aliphatic heterocycles. The number of aliphatic hydroxyl groups is 2. The van der Waals surface area contributed by atoms with Crippen molar-refractivity contribution >= 4 is 17.3 Å². The molecule has 0 aliphatic carbocycles. The van der Waals surface area contributed by atoms with Gasteiger partial charge in [0.05, 0.1) is 47.6 Å². The van der Waals surface area contributed by atoms with E-state index >= 15 is 0 Å². The number of hydrogen-bond donors (Lipinski definition) is 4. The number of rotatable bonds is 5. The molecule has 0 saturated carbocycles. The summed E-state index contributed by atoms with van der Waals surface area (Å²) in [5.41, 5.74) is 4.39. The van der Waals surface area contributed by atoms with E-state index in [2.05, 4.69) is 20.3 Å². The Morgan fingerprint density at radius 2 is 2.00 bits per heavy atom. The molecule has 1 aliphatic rings. The Balaban J connectivity index is 1.64. The van der Waals surface area contributed by atoms with Crippen molar-refractivity contribution in [2.24, 2.45) is 0 Å². The molecule has 3 aromatic rings. The van der Waals surface area contributed by atoms with Crippen molar-refractivity contribution in [3.8, 4) is 11.4 Å². The van der Waals surface area contributed by atoms with Crippen molar-refractivity contribution < 1.29 is 28.5 Å². The summed E-state index contributed by atoms with van der Waals surface area (Å²) in [7, 11) is 0. The number of nitrogens with zero attached hydrogens (tertiary/aromatic N) is 3.